The molecule has 0 aliphatic heterocycles. The van der Waals surface area contributed by atoms with E-state index in [9.17, 15) is 28.9 Å². The number of phosphoric ester groups is 1. The van der Waals surface area contributed by atoms with E-state index in [1.165, 1.54) is 148 Å². The molecular weight excluding hydrogens is 1000 g/mol. The van der Waals surface area contributed by atoms with Crippen molar-refractivity contribution in [3.05, 3.63) is 85.1 Å². The van der Waals surface area contributed by atoms with Gasteiger partial charge in [0.1, 0.15) is 12.7 Å². The minimum absolute atomic E-state index is 0.0569. The number of aliphatic hydroxyl groups is 1. The van der Waals surface area contributed by atoms with Crippen LogP contribution in [0, 0.1) is 0 Å². The number of esters is 3. The Morgan fingerprint density at radius 3 is 1.12 bits per heavy atom. The molecule has 0 amide bonds. The van der Waals surface area contributed by atoms with E-state index in [2.05, 4.69) is 81.5 Å². The van der Waals surface area contributed by atoms with Gasteiger partial charge in [-0.1, -0.05) is 247 Å². The molecule has 11 nitrogen and oxygen atoms in total. The normalized spacial score (nSPS) is 13.9. The summed E-state index contributed by atoms with van der Waals surface area (Å²) in [7, 11) is -4.78. The van der Waals surface area contributed by atoms with Gasteiger partial charge in [0.15, 0.2) is 6.10 Å². The Bertz CT molecular complexity index is 1630. The fraction of sp³-hybridized carbons (Fsp3) is 0.742. The Hall–Kier alpha value is -3.34. The standard InChI is InChI=1S/C66H115O11P/c1-4-7-10-13-16-19-22-25-28-30-31-33-36-39-42-45-48-51-54-57-66(70)77-63(59-73-64(68)55-52-49-46-43-40-37-35-32-29-26-23-20-17-14-11-8-5-2)61-75-78(71,72)74-60-62(58-67)76-65(69)56-53-50-47-44-41-38-34-27-24-21-18-15-12-9-6-3/h9,12,18,21,25-29,34,41,44,50,53,62-63,67H,4-8,10-11,13-17,19-20,22-24,30-33,35-40,42-43,45-49,51-52,54-61H2,1-3H3,(H,71,72)/b12-9-,21-18-,28-25-,29-26-,34-27-,44-41-,53-50-. The Morgan fingerprint density at radius 1 is 0.385 bits per heavy atom. The lowest BCUT2D eigenvalue weighted by molar-refractivity contribution is -0.161. The average Bonchev–Trinajstić information content (AvgIpc) is 3.43. The van der Waals surface area contributed by atoms with Crippen LogP contribution in [0.25, 0.3) is 0 Å². The number of allylic oxidation sites excluding steroid dienone is 13. The monoisotopic (exact) mass is 1110 g/mol. The second-order valence-electron chi connectivity index (χ2n) is 20.9. The van der Waals surface area contributed by atoms with Gasteiger partial charge in [0.2, 0.25) is 0 Å². The highest BCUT2D eigenvalue weighted by Crippen LogP contribution is 2.43. The van der Waals surface area contributed by atoms with Crippen molar-refractivity contribution in [3.8, 4) is 0 Å². The SMILES string of the molecule is CC/C=C\C/C=C\C/C=C\C/C=C\C/C=C\CC(=O)OC(CO)COP(=O)(O)OCC(COC(=O)CCCCCCCCC/C=C\CCCCCCCC)OC(=O)CCCCCCCCCCC/C=C\CCCCCCCC. The summed E-state index contributed by atoms with van der Waals surface area (Å²) in [6.45, 7) is 4.44. The van der Waals surface area contributed by atoms with Crippen LogP contribution >= 0.6 is 7.82 Å². The summed E-state index contributed by atoms with van der Waals surface area (Å²) in [4.78, 5) is 48.6. The summed E-state index contributed by atoms with van der Waals surface area (Å²) in [5, 5.41) is 9.81. The average molecular weight is 1120 g/mol. The Morgan fingerprint density at radius 2 is 0.718 bits per heavy atom. The first-order valence-corrected chi connectivity index (χ1v) is 33.0. The van der Waals surface area contributed by atoms with E-state index in [4.69, 9.17) is 23.3 Å². The molecule has 3 atom stereocenters. The van der Waals surface area contributed by atoms with Crippen LogP contribution in [0.2, 0.25) is 0 Å². The van der Waals surface area contributed by atoms with Crippen molar-refractivity contribution in [2.45, 2.75) is 290 Å². The minimum atomic E-state index is -4.78. The molecule has 0 saturated heterocycles. The van der Waals surface area contributed by atoms with Crippen LogP contribution in [-0.2, 0) is 42.2 Å². The number of phosphoric acid groups is 1. The molecule has 450 valence electrons. The van der Waals surface area contributed by atoms with Crippen molar-refractivity contribution in [3.63, 3.8) is 0 Å². The topological polar surface area (TPSA) is 155 Å². The number of hydrogen-bond donors (Lipinski definition) is 2. The molecule has 0 aromatic rings. The first-order chi connectivity index (χ1) is 38.2. The van der Waals surface area contributed by atoms with E-state index in [-0.39, 0.29) is 25.9 Å². The maximum Gasteiger partial charge on any atom is 0.472 e. The van der Waals surface area contributed by atoms with Gasteiger partial charge in [-0.3, -0.25) is 23.4 Å². The van der Waals surface area contributed by atoms with Gasteiger partial charge in [-0.25, -0.2) is 4.57 Å². The van der Waals surface area contributed by atoms with E-state index in [0.29, 0.717) is 19.3 Å². The predicted molar refractivity (Wildman–Crippen MR) is 325 cm³/mol. The van der Waals surface area contributed by atoms with Gasteiger partial charge < -0.3 is 24.2 Å². The summed E-state index contributed by atoms with van der Waals surface area (Å²) in [6, 6.07) is 0. The van der Waals surface area contributed by atoms with Gasteiger partial charge in [-0.15, -0.1) is 0 Å². The highest BCUT2D eigenvalue weighted by atomic mass is 31.2. The molecular formula is C66H115O11P. The summed E-state index contributed by atoms with van der Waals surface area (Å²) < 4.78 is 39.5. The Kier molecular flexibility index (Phi) is 57.2. The van der Waals surface area contributed by atoms with Crippen LogP contribution in [0.5, 0.6) is 0 Å². The van der Waals surface area contributed by atoms with Gasteiger partial charge in [0.25, 0.3) is 0 Å². The van der Waals surface area contributed by atoms with Crippen molar-refractivity contribution in [2.75, 3.05) is 26.4 Å². The third-order valence-corrected chi connectivity index (χ3v) is 14.3. The Labute approximate surface area is 477 Å². The largest absolute Gasteiger partial charge is 0.472 e. The molecule has 2 N–H and O–H groups in total. The first kappa shape index (κ1) is 74.7. The molecule has 0 aromatic carbocycles. The van der Waals surface area contributed by atoms with Gasteiger partial charge in [-0.2, -0.15) is 0 Å². The minimum Gasteiger partial charge on any atom is -0.462 e. The smallest absolute Gasteiger partial charge is 0.462 e. The molecule has 0 spiro atoms. The fourth-order valence-corrected chi connectivity index (χ4v) is 9.32. The lowest BCUT2D eigenvalue weighted by Crippen LogP contribution is -2.30. The van der Waals surface area contributed by atoms with Crippen molar-refractivity contribution in [1.29, 1.82) is 0 Å². The fourth-order valence-electron chi connectivity index (χ4n) is 8.54. The van der Waals surface area contributed by atoms with E-state index in [1.54, 1.807) is 6.08 Å². The number of rotatable bonds is 58. The summed E-state index contributed by atoms with van der Waals surface area (Å²) >= 11 is 0. The highest BCUT2D eigenvalue weighted by molar-refractivity contribution is 7.47. The summed E-state index contributed by atoms with van der Waals surface area (Å²) in [5.74, 6) is -1.60. The van der Waals surface area contributed by atoms with Crippen molar-refractivity contribution >= 4 is 25.7 Å². The molecule has 12 heteroatoms. The molecule has 0 radical (unpaired) electrons. The van der Waals surface area contributed by atoms with Crippen LogP contribution in [0.4, 0.5) is 0 Å². The van der Waals surface area contributed by atoms with E-state index in [0.717, 1.165) is 70.6 Å². The van der Waals surface area contributed by atoms with Gasteiger partial charge in [-0.05, 0) is 96.3 Å². The first-order valence-electron chi connectivity index (χ1n) is 31.5. The Balaban J connectivity index is 4.78. The maximum absolute atomic E-state index is 13.0. The number of unbranched alkanes of at least 4 members (excludes halogenated alkanes) is 28. The van der Waals surface area contributed by atoms with Gasteiger partial charge >= 0.3 is 25.7 Å². The number of carbonyl (C=O) groups is 3. The molecule has 3 unspecified atom stereocenters. The van der Waals surface area contributed by atoms with Gasteiger partial charge in [0, 0.05) is 12.8 Å². The summed E-state index contributed by atoms with van der Waals surface area (Å²) in [5.41, 5.74) is 0. The van der Waals surface area contributed by atoms with Crippen molar-refractivity contribution < 1.29 is 52.2 Å². The van der Waals surface area contributed by atoms with Gasteiger partial charge in [0.05, 0.1) is 26.2 Å². The van der Waals surface area contributed by atoms with Crippen LogP contribution in [-0.4, -0.2) is 66.5 Å². The number of ether oxygens (including phenoxy) is 3. The third kappa shape index (κ3) is 57.3. The molecule has 0 fully saturated rings. The van der Waals surface area contributed by atoms with E-state index < -0.39 is 57.8 Å². The lowest BCUT2D eigenvalue weighted by Gasteiger charge is -2.21. The zero-order valence-electron chi connectivity index (χ0n) is 49.9. The molecule has 0 aromatic heterocycles. The van der Waals surface area contributed by atoms with Crippen LogP contribution in [0.15, 0.2) is 85.1 Å². The summed E-state index contributed by atoms with van der Waals surface area (Å²) in [6.07, 6.45) is 69.9. The molecule has 78 heavy (non-hydrogen) atoms. The predicted octanol–water partition coefficient (Wildman–Crippen LogP) is 19.0. The number of carbonyl (C=O) groups excluding carboxylic acids is 3. The quantitative estimate of drug-likeness (QED) is 0.0197. The zero-order chi connectivity index (χ0) is 56.9. The molecule has 0 aliphatic rings. The van der Waals surface area contributed by atoms with E-state index in [1.807, 2.05) is 18.2 Å². The third-order valence-electron chi connectivity index (χ3n) is 13.3. The lowest BCUT2D eigenvalue weighted by atomic mass is 10.1. The number of aliphatic hydroxyl groups excluding tert-OH is 1. The second kappa shape index (κ2) is 59.8. The number of hydrogen-bond acceptors (Lipinski definition) is 10. The van der Waals surface area contributed by atoms with Crippen LogP contribution in [0.1, 0.15) is 278 Å². The molecule has 0 saturated carbocycles. The molecule has 0 heterocycles. The molecule has 0 rings (SSSR count). The van der Waals surface area contributed by atoms with Crippen molar-refractivity contribution in [2.24, 2.45) is 0 Å². The van der Waals surface area contributed by atoms with Crippen molar-refractivity contribution in [1.82, 2.24) is 0 Å². The maximum atomic E-state index is 13.0. The second-order valence-corrected chi connectivity index (χ2v) is 22.3. The highest BCUT2D eigenvalue weighted by Gasteiger charge is 2.28. The molecule has 0 aliphatic carbocycles. The zero-order valence-corrected chi connectivity index (χ0v) is 50.8. The van der Waals surface area contributed by atoms with Crippen LogP contribution in [0.3, 0.4) is 0 Å². The van der Waals surface area contributed by atoms with Crippen LogP contribution < -0.4 is 0 Å². The molecule has 0 bridgehead atoms. The van der Waals surface area contributed by atoms with E-state index >= 15 is 0 Å².